The lowest BCUT2D eigenvalue weighted by Crippen LogP contribution is -2.48. The van der Waals surface area contributed by atoms with Gasteiger partial charge in [-0.2, -0.15) is 5.26 Å². The first kappa shape index (κ1) is 22.3. The molecule has 0 radical (unpaired) electrons. The Hall–Kier alpha value is -3.35. The van der Waals surface area contributed by atoms with Crippen LogP contribution in [0.5, 0.6) is 0 Å². The number of benzene rings is 1. The molecular weight excluding hydrogens is 400 g/mol. The Morgan fingerprint density at radius 3 is 2.13 bits per heavy atom. The fourth-order valence-corrected chi connectivity index (χ4v) is 4.52. The molecule has 0 aromatic heterocycles. The van der Waals surface area contributed by atoms with Gasteiger partial charge in [0.25, 0.3) is 0 Å². The van der Waals surface area contributed by atoms with Crippen molar-refractivity contribution in [3.8, 4) is 6.07 Å². The van der Waals surface area contributed by atoms with Crippen LogP contribution in [0.2, 0.25) is 0 Å². The van der Waals surface area contributed by atoms with Crippen LogP contribution in [0.1, 0.15) is 45.1 Å². The zero-order valence-corrected chi connectivity index (χ0v) is 17.9. The minimum Gasteiger partial charge on any atom is -0.369 e. The van der Waals surface area contributed by atoms with Gasteiger partial charge in [0, 0.05) is 57.8 Å². The van der Waals surface area contributed by atoms with Gasteiger partial charge in [0.15, 0.2) is 0 Å². The van der Waals surface area contributed by atoms with Gasteiger partial charge in [-0.3, -0.25) is 19.7 Å². The lowest BCUT2D eigenvalue weighted by molar-refractivity contribution is -0.384. The molecule has 2 N–H and O–H groups in total. The normalized spacial score (nSPS) is 21.2. The Morgan fingerprint density at radius 1 is 1.06 bits per heavy atom. The van der Waals surface area contributed by atoms with Crippen LogP contribution in [0.4, 0.5) is 17.1 Å². The van der Waals surface area contributed by atoms with Crippen LogP contribution >= 0.6 is 0 Å². The molecule has 2 unspecified atom stereocenters. The number of nitro groups is 1. The predicted molar refractivity (Wildman–Crippen MR) is 116 cm³/mol. The summed E-state index contributed by atoms with van der Waals surface area (Å²) >= 11 is 0. The SMILES string of the molecule is CC(=O)NC1CCCN(c2cc(C#N)c([N+](=O)[O-])c(N3CCCC(NC(C)=O)C3)c2)C1. The summed E-state index contributed by atoms with van der Waals surface area (Å²) in [5.41, 5.74) is 0.940. The zero-order valence-electron chi connectivity index (χ0n) is 17.9. The van der Waals surface area contributed by atoms with E-state index >= 15 is 0 Å². The molecule has 2 amide bonds. The van der Waals surface area contributed by atoms with E-state index in [-0.39, 0.29) is 35.1 Å². The van der Waals surface area contributed by atoms with E-state index in [0.29, 0.717) is 25.3 Å². The molecule has 10 nitrogen and oxygen atoms in total. The maximum Gasteiger partial charge on any atom is 0.310 e. The summed E-state index contributed by atoms with van der Waals surface area (Å²) < 4.78 is 0. The predicted octanol–water partition coefficient (Wildman–Crippen LogP) is 1.68. The molecule has 2 atom stereocenters. The van der Waals surface area contributed by atoms with Crippen LogP contribution in [-0.4, -0.2) is 55.0 Å². The van der Waals surface area contributed by atoms with E-state index in [1.807, 2.05) is 11.0 Å². The monoisotopic (exact) mass is 428 g/mol. The number of nitrogens with one attached hydrogen (secondary N) is 2. The zero-order chi connectivity index (χ0) is 22.5. The third-order valence-corrected chi connectivity index (χ3v) is 5.74. The molecule has 2 fully saturated rings. The van der Waals surface area contributed by atoms with Gasteiger partial charge in [-0.15, -0.1) is 0 Å². The van der Waals surface area contributed by atoms with Gasteiger partial charge in [0.1, 0.15) is 17.3 Å². The van der Waals surface area contributed by atoms with Crippen LogP contribution < -0.4 is 20.4 Å². The van der Waals surface area contributed by atoms with Crippen molar-refractivity contribution in [1.29, 1.82) is 5.26 Å². The van der Waals surface area contributed by atoms with E-state index < -0.39 is 4.92 Å². The summed E-state index contributed by atoms with van der Waals surface area (Å²) in [7, 11) is 0. The summed E-state index contributed by atoms with van der Waals surface area (Å²) in [6, 6.07) is 5.22. The first-order chi connectivity index (χ1) is 14.8. The van der Waals surface area contributed by atoms with Crippen LogP contribution in [0.15, 0.2) is 12.1 Å². The molecule has 2 heterocycles. The third-order valence-electron chi connectivity index (χ3n) is 5.74. The van der Waals surface area contributed by atoms with Crippen molar-refractivity contribution < 1.29 is 14.5 Å². The van der Waals surface area contributed by atoms with Crippen molar-refractivity contribution in [2.24, 2.45) is 0 Å². The first-order valence-corrected chi connectivity index (χ1v) is 10.5. The molecule has 3 rings (SSSR count). The summed E-state index contributed by atoms with van der Waals surface area (Å²) in [6.45, 7) is 5.32. The molecule has 0 bridgehead atoms. The molecule has 1 aromatic rings. The largest absolute Gasteiger partial charge is 0.369 e. The lowest BCUT2D eigenvalue weighted by Gasteiger charge is -2.37. The van der Waals surface area contributed by atoms with Gasteiger partial charge >= 0.3 is 5.69 Å². The van der Waals surface area contributed by atoms with Gasteiger partial charge in [0.2, 0.25) is 11.8 Å². The summed E-state index contributed by atoms with van der Waals surface area (Å²) in [6.07, 6.45) is 3.32. The quantitative estimate of drug-likeness (QED) is 0.539. The number of nitro benzene ring substituents is 1. The number of piperidine rings is 2. The number of amides is 2. The smallest absolute Gasteiger partial charge is 0.310 e. The number of hydrogen-bond donors (Lipinski definition) is 2. The van der Waals surface area contributed by atoms with Gasteiger partial charge in [0.05, 0.1) is 4.92 Å². The topological polar surface area (TPSA) is 132 Å². The molecule has 0 aliphatic carbocycles. The van der Waals surface area contributed by atoms with Crippen molar-refractivity contribution in [2.45, 2.75) is 51.6 Å². The van der Waals surface area contributed by atoms with Gasteiger partial charge in [-0.25, -0.2) is 0 Å². The van der Waals surface area contributed by atoms with Gasteiger partial charge in [-0.05, 0) is 37.8 Å². The Morgan fingerprint density at radius 2 is 1.61 bits per heavy atom. The fourth-order valence-electron chi connectivity index (χ4n) is 4.52. The highest BCUT2D eigenvalue weighted by atomic mass is 16.6. The molecule has 2 aliphatic heterocycles. The van der Waals surface area contributed by atoms with Crippen molar-refractivity contribution in [1.82, 2.24) is 10.6 Å². The maximum absolute atomic E-state index is 11.9. The van der Waals surface area contributed by atoms with Crippen LogP contribution in [-0.2, 0) is 9.59 Å². The summed E-state index contributed by atoms with van der Waals surface area (Å²) in [5.74, 6) is -0.226. The second kappa shape index (κ2) is 9.64. The van der Waals surface area contributed by atoms with Crippen LogP contribution in [0, 0.1) is 21.4 Å². The highest BCUT2D eigenvalue weighted by Gasteiger charge is 2.31. The van der Waals surface area contributed by atoms with E-state index in [9.17, 15) is 25.0 Å². The third kappa shape index (κ3) is 5.42. The second-order valence-corrected chi connectivity index (χ2v) is 8.20. The number of carbonyl (C=O) groups is 2. The molecule has 10 heteroatoms. The summed E-state index contributed by atoms with van der Waals surface area (Å²) in [4.78, 5) is 38.3. The lowest BCUT2D eigenvalue weighted by atomic mass is 10.0. The number of hydrogen-bond acceptors (Lipinski definition) is 7. The molecule has 166 valence electrons. The van der Waals surface area contributed by atoms with Crippen LogP contribution in [0.25, 0.3) is 0 Å². The molecule has 0 saturated carbocycles. The van der Waals surface area contributed by atoms with E-state index in [2.05, 4.69) is 15.5 Å². The maximum atomic E-state index is 11.9. The standard InChI is InChI=1S/C21H28N6O4/c1-14(28)23-17-5-3-7-25(12-17)19-9-16(11-22)21(27(30)31)20(10-19)26-8-4-6-18(13-26)24-15(2)29/h9-10,17-18H,3-8,12-13H2,1-2H3,(H,23,28)(H,24,29). The van der Waals surface area contributed by atoms with Crippen molar-refractivity contribution in [3.05, 3.63) is 27.8 Å². The Bertz CT molecular complexity index is 912. The molecule has 31 heavy (non-hydrogen) atoms. The summed E-state index contributed by atoms with van der Waals surface area (Å²) in [5, 5.41) is 27.3. The minimum absolute atomic E-state index is 0.00504. The molecular formula is C21H28N6O4. The fraction of sp³-hybridized carbons (Fsp3) is 0.571. The molecule has 2 saturated heterocycles. The molecule has 1 aromatic carbocycles. The first-order valence-electron chi connectivity index (χ1n) is 10.5. The van der Waals surface area contributed by atoms with Crippen molar-refractivity contribution in [2.75, 3.05) is 36.0 Å². The number of nitriles is 1. The highest BCUT2D eigenvalue weighted by Crippen LogP contribution is 2.38. The highest BCUT2D eigenvalue weighted by molar-refractivity contribution is 5.77. The average molecular weight is 428 g/mol. The van der Waals surface area contributed by atoms with E-state index in [4.69, 9.17) is 0 Å². The number of carbonyl (C=O) groups excluding carboxylic acids is 2. The second-order valence-electron chi connectivity index (χ2n) is 8.20. The van der Waals surface area contributed by atoms with E-state index in [1.165, 1.54) is 13.8 Å². The minimum atomic E-state index is -0.504. The average Bonchev–Trinajstić information content (AvgIpc) is 2.72. The molecule has 0 spiro atoms. The van der Waals surface area contributed by atoms with Crippen molar-refractivity contribution >= 4 is 28.9 Å². The number of anilines is 2. The Kier molecular flexibility index (Phi) is 6.95. The van der Waals surface area contributed by atoms with Crippen molar-refractivity contribution in [3.63, 3.8) is 0 Å². The Labute approximate surface area is 181 Å². The molecule has 2 aliphatic rings. The van der Waals surface area contributed by atoms with Gasteiger partial charge < -0.3 is 20.4 Å². The Balaban J connectivity index is 1.96. The number of rotatable bonds is 5. The van der Waals surface area contributed by atoms with E-state index in [0.717, 1.165) is 37.9 Å². The van der Waals surface area contributed by atoms with Crippen LogP contribution in [0.3, 0.4) is 0 Å². The number of nitrogens with zero attached hydrogens (tertiary/aromatic N) is 4. The van der Waals surface area contributed by atoms with E-state index in [1.54, 1.807) is 12.1 Å². The van der Waals surface area contributed by atoms with Gasteiger partial charge in [-0.1, -0.05) is 0 Å².